The van der Waals surface area contributed by atoms with Gasteiger partial charge < -0.3 is 10.3 Å². The smallest absolute Gasteiger partial charge is 0.251 e. The third kappa shape index (κ3) is 4.90. The van der Waals surface area contributed by atoms with Gasteiger partial charge in [0.25, 0.3) is 5.56 Å². The highest BCUT2D eigenvalue weighted by molar-refractivity contribution is 14.1. The van der Waals surface area contributed by atoms with Crippen LogP contribution in [0.4, 0.5) is 0 Å². The van der Waals surface area contributed by atoms with Gasteiger partial charge in [0.05, 0.1) is 14.6 Å². The zero-order chi connectivity index (χ0) is 19.6. The normalized spacial score (nSPS) is 12.0. The van der Waals surface area contributed by atoms with E-state index in [2.05, 4.69) is 37.9 Å². The third-order valence-corrected chi connectivity index (χ3v) is 5.81. The predicted octanol–water partition coefficient (Wildman–Crippen LogP) is 4.91. The SMILES string of the molecule is CC(I)C(=O)NCc1ccc(Cl)c(-c2nc(-c3ccsc3Cl)cc(=O)[nH]2)c1. The van der Waals surface area contributed by atoms with Crippen molar-refractivity contribution in [1.82, 2.24) is 15.3 Å². The summed E-state index contributed by atoms with van der Waals surface area (Å²) in [5.41, 5.74) is 2.31. The summed E-state index contributed by atoms with van der Waals surface area (Å²) in [6.07, 6.45) is 0. The average Bonchev–Trinajstić information content (AvgIpc) is 3.06. The summed E-state index contributed by atoms with van der Waals surface area (Å²) in [6.45, 7) is 2.18. The number of benzene rings is 1. The Morgan fingerprint density at radius 3 is 2.74 bits per heavy atom. The minimum atomic E-state index is -0.300. The maximum atomic E-state index is 12.1. The van der Waals surface area contributed by atoms with E-state index in [1.165, 1.54) is 17.4 Å². The van der Waals surface area contributed by atoms with E-state index < -0.39 is 0 Å². The second-order valence-electron chi connectivity index (χ2n) is 5.74. The van der Waals surface area contributed by atoms with Crippen LogP contribution in [0.15, 0.2) is 40.5 Å². The van der Waals surface area contributed by atoms with Gasteiger partial charge >= 0.3 is 0 Å². The van der Waals surface area contributed by atoms with Crippen molar-refractivity contribution in [2.75, 3.05) is 0 Å². The van der Waals surface area contributed by atoms with E-state index in [4.69, 9.17) is 23.2 Å². The standard InChI is InChI=1S/C18H14Cl2IN3O2S/c1-9(21)18(26)22-8-10-2-3-13(19)12(6-10)17-23-14(7-15(25)24-17)11-4-5-27-16(11)20/h2-7,9H,8H2,1H3,(H,22,26)(H,23,24,25). The van der Waals surface area contributed by atoms with E-state index >= 15 is 0 Å². The molecular formula is C18H14Cl2IN3O2S. The van der Waals surface area contributed by atoms with Gasteiger partial charge in [-0.1, -0.05) is 51.9 Å². The Hall–Kier alpha value is -1.42. The molecule has 0 aliphatic carbocycles. The van der Waals surface area contributed by atoms with E-state index in [1.807, 2.05) is 24.4 Å². The average molecular weight is 534 g/mol. The molecule has 3 rings (SSSR count). The summed E-state index contributed by atoms with van der Waals surface area (Å²) in [7, 11) is 0. The molecule has 9 heteroatoms. The van der Waals surface area contributed by atoms with Crippen LogP contribution in [0.25, 0.3) is 22.6 Å². The Kier molecular flexibility index (Phi) is 6.56. The summed E-state index contributed by atoms with van der Waals surface area (Å²) in [5.74, 6) is 0.299. The van der Waals surface area contributed by atoms with Gasteiger partial charge in [-0.25, -0.2) is 4.98 Å². The number of thiophene rings is 1. The molecule has 0 bridgehead atoms. The molecule has 1 aromatic carbocycles. The first-order valence-corrected chi connectivity index (χ1v) is 10.8. The largest absolute Gasteiger partial charge is 0.351 e. The molecule has 0 spiro atoms. The van der Waals surface area contributed by atoms with Gasteiger partial charge in [0.1, 0.15) is 10.2 Å². The molecular weight excluding hydrogens is 520 g/mol. The molecule has 0 saturated heterocycles. The topological polar surface area (TPSA) is 74.8 Å². The van der Waals surface area contributed by atoms with Gasteiger partial charge in [-0.15, -0.1) is 11.3 Å². The number of rotatable bonds is 5. The van der Waals surface area contributed by atoms with Gasteiger partial charge in [0.2, 0.25) is 5.91 Å². The molecule has 1 amide bonds. The zero-order valence-corrected chi connectivity index (χ0v) is 18.5. The van der Waals surface area contributed by atoms with Gasteiger partial charge in [0.15, 0.2) is 0 Å². The number of nitrogens with zero attached hydrogens (tertiary/aromatic N) is 1. The fourth-order valence-corrected chi connectivity index (χ4v) is 3.76. The zero-order valence-electron chi connectivity index (χ0n) is 14.1. The van der Waals surface area contributed by atoms with E-state index in [-0.39, 0.29) is 15.4 Å². The van der Waals surface area contributed by atoms with Crippen molar-refractivity contribution in [3.63, 3.8) is 0 Å². The van der Waals surface area contributed by atoms with Crippen LogP contribution in [0.3, 0.4) is 0 Å². The minimum absolute atomic E-state index is 0.0484. The van der Waals surface area contributed by atoms with Gasteiger partial charge in [-0.3, -0.25) is 9.59 Å². The lowest BCUT2D eigenvalue weighted by atomic mass is 10.1. The lowest BCUT2D eigenvalue weighted by Crippen LogP contribution is -2.28. The molecule has 1 unspecified atom stereocenters. The molecule has 0 saturated carbocycles. The Bertz CT molecular complexity index is 1050. The second-order valence-corrected chi connectivity index (χ2v) is 9.53. The summed E-state index contributed by atoms with van der Waals surface area (Å²) in [4.78, 5) is 31.2. The first-order chi connectivity index (χ1) is 12.8. The van der Waals surface area contributed by atoms with Crippen molar-refractivity contribution in [2.24, 2.45) is 0 Å². The molecule has 0 radical (unpaired) electrons. The Balaban J connectivity index is 1.97. The van der Waals surface area contributed by atoms with Crippen LogP contribution < -0.4 is 10.9 Å². The van der Waals surface area contributed by atoms with Gasteiger partial charge in [0, 0.05) is 23.7 Å². The minimum Gasteiger partial charge on any atom is -0.351 e. The quantitative estimate of drug-likeness (QED) is 0.361. The molecule has 2 N–H and O–H groups in total. The van der Waals surface area contributed by atoms with Crippen molar-refractivity contribution in [3.8, 4) is 22.6 Å². The molecule has 0 fully saturated rings. The summed E-state index contributed by atoms with van der Waals surface area (Å²) < 4.78 is 0.439. The highest BCUT2D eigenvalue weighted by Crippen LogP contribution is 2.32. The summed E-state index contributed by atoms with van der Waals surface area (Å²) in [6, 6.07) is 8.56. The van der Waals surface area contributed by atoms with Crippen molar-refractivity contribution in [2.45, 2.75) is 17.4 Å². The summed E-state index contributed by atoms with van der Waals surface area (Å²) in [5, 5.41) is 5.14. The number of amides is 1. The molecule has 0 aliphatic rings. The molecule has 1 atom stereocenters. The fraction of sp³-hybridized carbons (Fsp3) is 0.167. The molecule has 2 aromatic heterocycles. The monoisotopic (exact) mass is 533 g/mol. The number of halogens is 3. The predicted molar refractivity (Wildman–Crippen MR) is 119 cm³/mol. The maximum Gasteiger partial charge on any atom is 0.251 e. The van der Waals surface area contributed by atoms with E-state index in [9.17, 15) is 9.59 Å². The number of aromatic nitrogens is 2. The number of H-pyrrole nitrogens is 1. The molecule has 5 nitrogen and oxygen atoms in total. The van der Waals surface area contributed by atoms with Crippen molar-refractivity contribution >= 4 is 63.0 Å². The van der Waals surface area contributed by atoms with Crippen LogP contribution in [0, 0.1) is 0 Å². The van der Waals surface area contributed by atoms with Gasteiger partial charge in [-0.05, 0) is 36.1 Å². The number of nitrogens with one attached hydrogen (secondary N) is 2. The van der Waals surface area contributed by atoms with Crippen LogP contribution in [-0.4, -0.2) is 19.8 Å². The van der Waals surface area contributed by atoms with Crippen molar-refractivity contribution in [3.05, 3.63) is 61.0 Å². The van der Waals surface area contributed by atoms with E-state index in [0.717, 1.165) is 5.56 Å². The van der Waals surface area contributed by atoms with Crippen LogP contribution in [0.5, 0.6) is 0 Å². The number of carbonyl (C=O) groups excluding carboxylic acids is 1. The highest BCUT2D eigenvalue weighted by Gasteiger charge is 2.13. The Morgan fingerprint density at radius 1 is 1.30 bits per heavy atom. The van der Waals surface area contributed by atoms with Crippen molar-refractivity contribution < 1.29 is 4.79 Å². The highest BCUT2D eigenvalue weighted by atomic mass is 127. The van der Waals surface area contributed by atoms with E-state index in [0.29, 0.717) is 38.5 Å². The first-order valence-electron chi connectivity index (χ1n) is 7.90. The third-order valence-electron chi connectivity index (χ3n) is 3.75. The van der Waals surface area contributed by atoms with E-state index in [1.54, 1.807) is 12.1 Å². The van der Waals surface area contributed by atoms with Crippen molar-refractivity contribution in [1.29, 1.82) is 0 Å². The number of hydrogen-bond acceptors (Lipinski definition) is 4. The van der Waals surface area contributed by atoms with Crippen LogP contribution >= 0.6 is 57.1 Å². The van der Waals surface area contributed by atoms with Crippen LogP contribution in [0.1, 0.15) is 12.5 Å². The lowest BCUT2D eigenvalue weighted by Gasteiger charge is -2.10. The number of alkyl halides is 1. The maximum absolute atomic E-state index is 12.1. The lowest BCUT2D eigenvalue weighted by molar-refractivity contribution is -0.120. The molecule has 3 aromatic rings. The Morgan fingerprint density at radius 2 is 2.07 bits per heavy atom. The molecule has 2 heterocycles. The summed E-state index contributed by atoms with van der Waals surface area (Å²) >= 11 is 15.9. The number of hydrogen-bond donors (Lipinski definition) is 2. The molecule has 140 valence electrons. The number of carbonyl (C=O) groups is 1. The first kappa shape index (κ1) is 20.3. The van der Waals surface area contributed by atoms with Crippen LogP contribution in [0.2, 0.25) is 9.36 Å². The van der Waals surface area contributed by atoms with Crippen LogP contribution in [-0.2, 0) is 11.3 Å². The number of aromatic amines is 1. The van der Waals surface area contributed by atoms with Gasteiger partial charge in [-0.2, -0.15) is 0 Å². The molecule has 27 heavy (non-hydrogen) atoms. The fourth-order valence-electron chi connectivity index (χ4n) is 2.39. The Labute approximate surface area is 183 Å². The second kappa shape index (κ2) is 8.72. The molecule has 0 aliphatic heterocycles.